The topological polar surface area (TPSA) is 64.7 Å². The second-order valence-electron chi connectivity index (χ2n) is 4.56. The van der Waals surface area contributed by atoms with Crippen LogP contribution in [0.1, 0.15) is 5.56 Å². The molecule has 7 heteroatoms. The number of thioether (sulfide) groups is 1. The van der Waals surface area contributed by atoms with Crippen LogP contribution in [-0.2, 0) is 16.1 Å². The van der Waals surface area contributed by atoms with Gasteiger partial charge in [0.15, 0.2) is 0 Å². The van der Waals surface area contributed by atoms with Gasteiger partial charge in [0.2, 0.25) is 0 Å². The molecule has 0 saturated carbocycles. The van der Waals surface area contributed by atoms with Gasteiger partial charge >= 0.3 is 5.97 Å². The first-order chi connectivity index (χ1) is 11.0. The molecule has 0 amide bonds. The number of oxime groups is 1. The molecule has 4 nitrogen and oxygen atoms in total. The molecule has 0 atom stereocenters. The first kappa shape index (κ1) is 17.7. The van der Waals surface area contributed by atoms with Gasteiger partial charge in [0.05, 0.1) is 5.75 Å². The van der Waals surface area contributed by atoms with Gasteiger partial charge in [-0.2, -0.15) is 0 Å². The molecule has 23 heavy (non-hydrogen) atoms. The maximum absolute atomic E-state index is 11.6. The molecule has 0 aromatic heterocycles. The number of benzene rings is 2. The molecular formula is C16H14Cl2N2O2S. The second-order valence-corrected chi connectivity index (χ2v) is 6.45. The van der Waals surface area contributed by atoms with Crippen LogP contribution >= 0.6 is 35.0 Å². The summed E-state index contributed by atoms with van der Waals surface area (Å²) in [6.45, 7) is 0. The van der Waals surface area contributed by atoms with Gasteiger partial charge in [-0.15, -0.1) is 11.8 Å². The Morgan fingerprint density at radius 3 is 2.61 bits per heavy atom. The van der Waals surface area contributed by atoms with Crippen LogP contribution in [0.15, 0.2) is 58.6 Å². The van der Waals surface area contributed by atoms with E-state index in [0.717, 1.165) is 10.5 Å². The standard InChI is InChI=1S/C16H14Cl2N2O2S/c17-12-7-6-11(14(18)9-12)8-15(19)20-22-16(21)10-23-13-4-2-1-3-5-13/h1-7,9H,8,10H2,(H2,19,20). The number of halogens is 2. The molecule has 0 aliphatic heterocycles. The number of carbonyl (C=O) groups excluding carboxylic acids is 1. The Labute approximate surface area is 148 Å². The number of rotatable bonds is 6. The number of carbonyl (C=O) groups is 1. The van der Waals surface area contributed by atoms with Crippen LogP contribution in [-0.4, -0.2) is 17.6 Å². The Balaban J connectivity index is 1.83. The summed E-state index contributed by atoms with van der Waals surface area (Å²) in [5.74, 6) is -0.154. The van der Waals surface area contributed by atoms with Gasteiger partial charge in [0, 0.05) is 21.4 Å². The van der Waals surface area contributed by atoms with Crippen molar-refractivity contribution < 1.29 is 9.63 Å². The Morgan fingerprint density at radius 2 is 1.91 bits per heavy atom. The molecule has 0 bridgehead atoms. The van der Waals surface area contributed by atoms with Crippen molar-refractivity contribution in [1.29, 1.82) is 0 Å². The number of hydrogen-bond acceptors (Lipinski definition) is 4. The van der Waals surface area contributed by atoms with Gasteiger partial charge in [-0.1, -0.05) is 52.6 Å². The third-order valence-electron chi connectivity index (χ3n) is 2.75. The highest BCUT2D eigenvalue weighted by Gasteiger charge is 2.07. The normalized spacial score (nSPS) is 11.3. The van der Waals surface area contributed by atoms with Gasteiger partial charge in [0.1, 0.15) is 5.84 Å². The molecule has 2 aromatic rings. The zero-order chi connectivity index (χ0) is 16.7. The summed E-state index contributed by atoms with van der Waals surface area (Å²) in [7, 11) is 0. The van der Waals surface area contributed by atoms with Crippen molar-refractivity contribution >= 4 is 46.8 Å². The smallest absolute Gasteiger partial charge is 0.345 e. The van der Waals surface area contributed by atoms with Gasteiger partial charge in [-0.25, -0.2) is 4.79 Å². The van der Waals surface area contributed by atoms with Crippen LogP contribution < -0.4 is 5.73 Å². The van der Waals surface area contributed by atoms with Crippen molar-refractivity contribution in [2.45, 2.75) is 11.3 Å². The SMILES string of the molecule is NC(Cc1ccc(Cl)cc1Cl)=NOC(=O)CSc1ccccc1. The lowest BCUT2D eigenvalue weighted by Gasteiger charge is -2.04. The molecule has 0 fully saturated rings. The zero-order valence-corrected chi connectivity index (χ0v) is 14.4. The van der Waals surface area contributed by atoms with E-state index in [0.29, 0.717) is 10.0 Å². The van der Waals surface area contributed by atoms with E-state index in [-0.39, 0.29) is 18.0 Å². The first-order valence-electron chi connectivity index (χ1n) is 6.68. The molecule has 0 aliphatic rings. The molecule has 2 N–H and O–H groups in total. The molecule has 0 spiro atoms. The summed E-state index contributed by atoms with van der Waals surface area (Å²) in [4.78, 5) is 17.4. The van der Waals surface area contributed by atoms with Crippen LogP contribution in [0.2, 0.25) is 10.0 Å². The lowest BCUT2D eigenvalue weighted by molar-refractivity contribution is -0.140. The van der Waals surface area contributed by atoms with E-state index < -0.39 is 5.97 Å². The molecule has 2 aromatic carbocycles. The summed E-state index contributed by atoms with van der Waals surface area (Å²) in [6, 6.07) is 14.6. The Kier molecular flexibility index (Phi) is 6.77. The number of nitrogens with two attached hydrogens (primary N) is 1. The van der Waals surface area contributed by atoms with Gasteiger partial charge < -0.3 is 10.6 Å². The molecule has 0 radical (unpaired) electrons. The number of hydrogen-bond donors (Lipinski definition) is 1. The van der Waals surface area contributed by atoms with Crippen LogP contribution in [0.5, 0.6) is 0 Å². The molecule has 0 heterocycles. The second kappa shape index (κ2) is 8.82. The van der Waals surface area contributed by atoms with E-state index in [1.165, 1.54) is 11.8 Å². The summed E-state index contributed by atoms with van der Waals surface area (Å²) in [5.41, 5.74) is 6.50. The highest BCUT2D eigenvalue weighted by atomic mass is 35.5. The average Bonchev–Trinajstić information content (AvgIpc) is 2.54. The van der Waals surface area contributed by atoms with Gasteiger partial charge in [0.25, 0.3) is 0 Å². The molecule has 0 saturated heterocycles. The van der Waals surface area contributed by atoms with E-state index in [1.54, 1.807) is 18.2 Å². The molecule has 120 valence electrons. The maximum Gasteiger partial charge on any atom is 0.345 e. The van der Waals surface area contributed by atoms with Crippen molar-refractivity contribution in [1.82, 2.24) is 0 Å². The lowest BCUT2D eigenvalue weighted by atomic mass is 10.1. The van der Waals surface area contributed by atoms with Crippen molar-refractivity contribution in [3.8, 4) is 0 Å². The largest absolute Gasteiger partial charge is 0.384 e. The van der Waals surface area contributed by atoms with Gasteiger partial charge in [-0.05, 0) is 29.8 Å². The van der Waals surface area contributed by atoms with Crippen molar-refractivity contribution in [2.75, 3.05) is 5.75 Å². The highest BCUT2D eigenvalue weighted by molar-refractivity contribution is 8.00. The Hall–Kier alpha value is -1.69. The third-order valence-corrected chi connectivity index (χ3v) is 4.32. The number of amidine groups is 1. The van der Waals surface area contributed by atoms with Crippen LogP contribution in [0.25, 0.3) is 0 Å². The van der Waals surface area contributed by atoms with E-state index >= 15 is 0 Å². The fourth-order valence-corrected chi connectivity index (χ4v) is 2.85. The van der Waals surface area contributed by atoms with Crippen molar-refractivity contribution in [3.63, 3.8) is 0 Å². The average molecular weight is 369 g/mol. The van der Waals surface area contributed by atoms with E-state index in [9.17, 15) is 4.79 Å². The van der Waals surface area contributed by atoms with Crippen LogP contribution in [0.3, 0.4) is 0 Å². The van der Waals surface area contributed by atoms with Crippen molar-refractivity contribution in [3.05, 3.63) is 64.1 Å². The first-order valence-corrected chi connectivity index (χ1v) is 8.42. The Morgan fingerprint density at radius 1 is 1.17 bits per heavy atom. The fourth-order valence-electron chi connectivity index (χ4n) is 1.69. The van der Waals surface area contributed by atoms with E-state index in [2.05, 4.69) is 5.16 Å². The molecule has 2 rings (SSSR count). The third kappa shape index (κ3) is 6.14. The lowest BCUT2D eigenvalue weighted by Crippen LogP contribution is -2.17. The molecule has 0 aliphatic carbocycles. The maximum atomic E-state index is 11.6. The van der Waals surface area contributed by atoms with E-state index in [4.69, 9.17) is 33.8 Å². The summed E-state index contributed by atoms with van der Waals surface area (Å²) < 4.78 is 0. The summed E-state index contributed by atoms with van der Waals surface area (Å²) in [5, 5.41) is 4.66. The minimum Gasteiger partial charge on any atom is -0.384 e. The van der Waals surface area contributed by atoms with Crippen LogP contribution in [0.4, 0.5) is 0 Å². The molecule has 0 unspecified atom stereocenters. The van der Waals surface area contributed by atoms with Crippen molar-refractivity contribution in [2.24, 2.45) is 10.9 Å². The molecular weight excluding hydrogens is 355 g/mol. The zero-order valence-electron chi connectivity index (χ0n) is 12.0. The van der Waals surface area contributed by atoms with E-state index in [1.807, 2.05) is 30.3 Å². The fraction of sp³-hybridized carbons (Fsp3) is 0.125. The predicted octanol–water partition coefficient (Wildman–Crippen LogP) is 4.14. The summed E-state index contributed by atoms with van der Waals surface area (Å²) in [6.07, 6.45) is 0.273. The van der Waals surface area contributed by atoms with Crippen LogP contribution in [0, 0.1) is 0 Å². The van der Waals surface area contributed by atoms with Gasteiger partial charge in [-0.3, -0.25) is 0 Å². The predicted molar refractivity (Wildman–Crippen MR) is 95.0 cm³/mol. The minimum atomic E-state index is -0.469. The summed E-state index contributed by atoms with van der Waals surface area (Å²) >= 11 is 13.2. The highest BCUT2D eigenvalue weighted by Crippen LogP contribution is 2.21. The number of nitrogens with zero attached hydrogens (tertiary/aromatic N) is 1. The quantitative estimate of drug-likeness (QED) is 0.273. The minimum absolute atomic E-state index is 0.155. The Bertz CT molecular complexity index is 708. The monoisotopic (exact) mass is 368 g/mol.